The zero-order valence-electron chi connectivity index (χ0n) is 14.4. The zero-order valence-corrected chi connectivity index (χ0v) is 14.4. The molecule has 7 nitrogen and oxygen atoms in total. The van der Waals surface area contributed by atoms with E-state index in [1.54, 1.807) is 24.1 Å². The van der Waals surface area contributed by atoms with E-state index in [1.165, 1.54) is 11.1 Å². The van der Waals surface area contributed by atoms with E-state index in [9.17, 15) is 4.79 Å². The third-order valence-electron chi connectivity index (χ3n) is 5.09. The minimum atomic E-state index is -0.105. The Labute approximate surface area is 147 Å². The van der Waals surface area contributed by atoms with Gasteiger partial charge in [0.05, 0.1) is 18.4 Å². The van der Waals surface area contributed by atoms with E-state index in [-0.39, 0.29) is 5.91 Å². The molecule has 0 bridgehead atoms. The number of aryl methyl sites for hydroxylation is 1. The minimum absolute atomic E-state index is 0.105. The molecule has 2 aromatic heterocycles. The van der Waals surface area contributed by atoms with Crippen molar-refractivity contribution in [2.75, 3.05) is 19.8 Å². The first kappa shape index (κ1) is 16.2. The molecule has 1 N–H and O–H groups in total. The first-order valence-corrected chi connectivity index (χ1v) is 8.74. The van der Waals surface area contributed by atoms with Crippen LogP contribution in [-0.2, 0) is 31.3 Å². The summed E-state index contributed by atoms with van der Waals surface area (Å²) in [6.45, 7) is 4.15. The summed E-state index contributed by atoms with van der Waals surface area (Å²) in [5, 5.41) is 7.02. The predicted molar refractivity (Wildman–Crippen MR) is 92.0 cm³/mol. The van der Waals surface area contributed by atoms with Gasteiger partial charge >= 0.3 is 0 Å². The molecule has 4 heterocycles. The molecule has 1 unspecified atom stereocenters. The molecule has 25 heavy (non-hydrogen) atoms. The highest BCUT2D eigenvalue weighted by Gasteiger charge is 2.27. The van der Waals surface area contributed by atoms with Crippen molar-refractivity contribution >= 4 is 5.91 Å². The van der Waals surface area contributed by atoms with Crippen molar-refractivity contribution in [1.29, 1.82) is 0 Å². The number of amides is 1. The van der Waals surface area contributed by atoms with Crippen LogP contribution >= 0.6 is 0 Å². The molecular formula is C18H23N5O2. The average Bonchev–Trinajstić information content (AvgIpc) is 3.31. The molecular weight excluding hydrogens is 318 g/mol. The smallest absolute Gasteiger partial charge is 0.254 e. The van der Waals surface area contributed by atoms with Gasteiger partial charge in [-0.1, -0.05) is 0 Å². The van der Waals surface area contributed by atoms with Crippen molar-refractivity contribution in [3.8, 4) is 0 Å². The van der Waals surface area contributed by atoms with Crippen molar-refractivity contribution in [3.63, 3.8) is 0 Å². The fourth-order valence-electron chi connectivity index (χ4n) is 3.68. The number of nitrogens with zero attached hydrogens (tertiary/aromatic N) is 4. The standard InChI is InChI=1S/C18H23N5O2/c1-22-10-15(9-21-22)18(24)20-8-13-6-19-7-14-11-23(4-2-17(13)14)16-3-5-25-12-16/h6-7,9-10,16H,2-5,8,11-12H2,1H3,(H,20,24). The van der Waals surface area contributed by atoms with Gasteiger partial charge < -0.3 is 10.1 Å². The predicted octanol–water partition coefficient (Wildman–Crippen LogP) is 0.892. The summed E-state index contributed by atoms with van der Waals surface area (Å²) in [5.41, 5.74) is 4.28. The van der Waals surface area contributed by atoms with E-state index in [1.807, 2.05) is 12.4 Å². The van der Waals surface area contributed by atoms with Gasteiger partial charge in [-0.2, -0.15) is 5.10 Å². The highest BCUT2D eigenvalue weighted by atomic mass is 16.5. The molecule has 2 aliphatic rings. The third-order valence-corrected chi connectivity index (χ3v) is 5.09. The Bertz CT molecular complexity index is 767. The molecule has 2 aliphatic heterocycles. The van der Waals surface area contributed by atoms with Crippen LogP contribution in [0.5, 0.6) is 0 Å². The van der Waals surface area contributed by atoms with Crippen LogP contribution in [0.25, 0.3) is 0 Å². The van der Waals surface area contributed by atoms with Crippen molar-refractivity contribution in [1.82, 2.24) is 25.0 Å². The summed E-state index contributed by atoms with van der Waals surface area (Å²) in [7, 11) is 1.80. The number of hydrogen-bond donors (Lipinski definition) is 1. The van der Waals surface area contributed by atoms with Crippen molar-refractivity contribution in [2.45, 2.75) is 32.0 Å². The molecule has 1 fully saturated rings. The van der Waals surface area contributed by atoms with Crippen molar-refractivity contribution < 1.29 is 9.53 Å². The summed E-state index contributed by atoms with van der Waals surface area (Å²) >= 11 is 0. The second-order valence-corrected chi connectivity index (χ2v) is 6.76. The zero-order chi connectivity index (χ0) is 17.2. The van der Waals surface area contributed by atoms with Crippen LogP contribution in [-0.4, -0.2) is 51.4 Å². The topological polar surface area (TPSA) is 72.3 Å². The van der Waals surface area contributed by atoms with Crippen LogP contribution in [0.2, 0.25) is 0 Å². The van der Waals surface area contributed by atoms with Gasteiger partial charge in [0.1, 0.15) is 0 Å². The highest BCUT2D eigenvalue weighted by molar-refractivity contribution is 5.93. The molecule has 0 aromatic carbocycles. The second-order valence-electron chi connectivity index (χ2n) is 6.76. The Morgan fingerprint density at radius 1 is 1.40 bits per heavy atom. The normalized spacial score (nSPS) is 20.4. The van der Waals surface area contributed by atoms with Crippen LogP contribution in [0.1, 0.15) is 33.5 Å². The Balaban J connectivity index is 1.43. The second kappa shape index (κ2) is 6.93. The summed E-state index contributed by atoms with van der Waals surface area (Å²) in [6.07, 6.45) is 9.24. The quantitative estimate of drug-likeness (QED) is 0.894. The average molecular weight is 341 g/mol. The van der Waals surface area contributed by atoms with Crippen LogP contribution < -0.4 is 5.32 Å². The van der Waals surface area contributed by atoms with Gasteiger partial charge in [0.15, 0.2) is 0 Å². The lowest BCUT2D eigenvalue weighted by Gasteiger charge is -2.33. The van der Waals surface area contributed by atoms with Gasteiger partial charge in [-0.15, -0.1) is 0 Å². The lowest BCUT2D eigenvalue weighted by atomic mass is 9.96. The van der Waals surface area contributed by atoms with Crippen LogP contribution in [0.3, 0.4) is 0 Å². The largest absolute Gasteiger partial charge is 0.380 e. The van der Waals surface area contributed by atoms with E-state index in [4.69, 9.17) is 4.74 Å². The molecule has 1 amide bonds. The molecule has 7 heteroatoms. The molecule has 1 atom stereocenters. The first-order chi connectivity index (χ1) is 12.2. The van der Waals surface area contributed by atoms with E-state index < -0.39 is 0 Å². The SMILES string of the molecule is Cn1cc(C(=O)NCc2cncc3c2CCN(C2CCOC2)C3)cn1. The Morgan fingerprint density at radius 2 is 2.32 bits per heavy atom. The Hall–Kier alpha value is -2.25. The van der Waals surface area contributed by atoms with Crippen LogP contribution in [0.15, 0.2) is 24.8 Å². The molecule has 0 saturated carbocycles. The lowest BCUT2D eigenvalue weighted by molar-refractivity contribution is 0.0950. The number of rotatable bonds is 4. The fraction of sp³-hybridized carbons (Fsp3) is 0.500. The highest BCUT2D eigenvalue weighted by Crippen LogP contribution is 2.25. The number of carbonyl (C=O) groups is 1. The van der Waals surface area contributed by atoms with Crippen LogP contribution in [0.4, 0.5) is 0 Å². The molecule has 0 radical (unpaired) electrons. The van der Waals surface area contributed by atoms with Gasteiger partial charge in [-0.3, -0.25) is 19.4 Å². The molecule has 0 aliphatic carbocycles. The lowest BCUT2D eigenvalue weighted by Crippen LogP contribution is -2.40. The molecule has 0 spiro atoms. The number of fused-ring (bicyclic) bond motifs is 1. The van der Waals surface area contributed by atoms with Crippen molar-refractivity contribution in [3.05, 3.63) is 47.0 Å². The van der Waals surface area contributed by atoms with Gasteiger partial charge in [0.25, 0.3) is 5.91 Å². The van der Waals surface area contributed by atoms with E-state index in [2.05, 4.69) is 20.3 Å². The summed E-state index contributed by atoms with van der Waals surface area (Å²) in [6, 6.07) is 0.530. The maximum Gasteiger partial charge on any atom is 0.254 e. The minimum Gasteiger partial charge on any atom is -0.380 e. The van der Waals surface area contributed by atoms with Gasteiger partial charge in [0, 0.05) is 57.9 Å². The Morgan fingerprint density at radius 3 is 3.08 bits per heavy atom. The van der Waals surface area contributed by atoms with Gasteiger partial charge in [-0.05, 0) is 29.5 Å². The molecule has 4 rings (SSSR count). The number of hydrogen-bond acceptors (Lipinski definition) is 5. The molecule has 132 valence electrons. The number of nitrogens with one attached hydrogen (secondary N) is 1. The summed E-state index contributed by atoms with van der Waals surface area (Å²) < 4.78 is 7.15. The van der Waals surface area contributed by atoms with E-state index >= 15 is 0 Å². The first-order valence-electron chi connectivity index (χ1n) is 8.74. The van der Waals surface area contributed by atoms with Crippen molar-refractivity contribution in [2.24, 2.45) is 7.05 Å². The van der Waals surface area contributed by atoms with Gasteiger partial charge in [0.2, 0.25) is 0 Å². The Kier molecular flexibility index (Phi) is 4.50. The van der Waals surface area contributed by atoms with E-state index in [0.717, 1.165) is 44.7 Å². The monoisotopic (exact) mass is 341 g/mol. The summed E-state index contributed by atoms with van der Waals surface area (Å²) in [5.74, 6) is -0.105. The molecule has 2 aromatic rings. The maximum absolute atomic E-state index is 12.2. The number of aromatic nitrogens is 3. The number of ether oxygens (including phenoxy) is 1. The third kappa shape index (κ3) is 3.43. The maximum atomic E-state index is 12.2. The molecule has 1 saturated heterocycles. The number of pyridine rings is 1. The summed E-state index contributed by atoms with van der Waals surface area (Å²) in [4.78, 5) is 19.1. The van der Waals surface area contributed by atoms with Gasteiger partial charge in [-0.25, -0.2) is 0 Å². The number of carbonyl (C=O) groups excluding carboxylic acids is 1. The fourth-order valence-corrected chi connectivity index (χ4v) is 3.68. The van der Waals surface area contributed by atoms with E-state index in [0.29, 0.717) is 18.2 Å². The van der Waals surface area contributed by atoms with Crippen LogP contribution in [0, 0.1) is 0 Å².